The number of rotatable bonds is 8. The van der Waals surface area contributed by atoms with Gasteiger partial charge in [-0.15, -0.1) is 0 Å². The highest BCUT2D eigenvalue weighted by molar-refractivity contribution is 7.09. The van der Waals surface area contributed by atoms with E-state index in [0.717, 1.165) is 24.4 Å². The Hall–Kier alpha value is -3.83. The maximum Gasteiger partial charge on any atom is 0.273 e. The number of nitrogens with two attached hydrogens (primary N) is 2. The molecule has 5 N–H and O–H groups in total. The molecule has 188 valence electrons. The molecule has 0 bridgehead atoms. The molecule has 0 spiro atoms. The number of ether oxygens (including phenoxy) is 1. The molecule has 1 aliphatic heterocycles. The third-order valence-electron chi connectivity index (χ3n) is 5.97. The Labute approximate surface area is 211 Å². The predicted molar refractivity (Wildman–Crippen MR) is 134 cm³/mol. The summed E-state index contributed by atoms with van der Waals surface area (Å²) in [5.74, 6) is -2.47. The fourth-order valence-electron chi connectivity index (χ4n) is 4.12. The molecule has 2 atom stereocenters. The van der Waals surface area contributed by atoms with Gasteiger partial charge in [0.15, 0.2) is 5.69 Å². The van der Waals surface area contributed by atoms with Crippen LogP contribution in [-0.4, -0.2) is 41.4 Å². The summed E-state index contributed by atoms with van der Waals surface area (Å²) in [6.45, 7) is 2.69. The van der Waals surface area contributed by atoms with Gasteiger partial charge in [0, 0.05) is 18.8 Å². The number of benzene rings is 2. The van der Waals surface area contributed by atoms with Crippen LogP contribution in [0.1, 0.15) is 50.2 Å². The molecule has 1 saturated heterocycles. The highest BCUT2D eigenvalue weighted by Crippen LogP contribution is 2.34. The number of carbonyl (C=O) groups excluding carboxylic acids is 3. The Morgan fingerprint density at radius 3 is 2.56 bits per heavy atom. The smallest absolute Gasteiger partial charge is 0.273 e. The molecule has 0 aliphatic carbocycles. The summed E-state index contributed by atoms with van der Waals surface area (Å²) in [6.07, 6.45) is 1.60. The number of nitrogen functional groups attached to an aromatic ring is 1. The zero-order chi connectivity index (χ0) is 25.8. The summed E-state index contributed by atoms with van der Waals surface area (Å²) < 4.78 is 23.3. The molecule has 11 heteroatoms. The van der Waals surface area contributed by atoms with Crippen LogP contribution in [0.3, 0.4) is 0 Å². The van der Waals surface area contributed by atoms with Crippen LogP contribution in [0.4, 0.5) is 15.8 Å². The number of nitrogens with zero attached hydrogens (tertiary/aromatic N) is 2. The van der Waals surface area contributed by atoms with Crippen LogP contribution in [0.25, 0.3) is 0 Å². The van der Waals surface area contributed by atoms with E-state index in [0.29, 0.717) is 23.4 Å². The van der Waals surface area contributed by atoms with Gasteiger partial charge in [-0.1, -0.05) is 30.3 Å². The molecule has 36 heavy (non-hydrogen) atoms. The summed E-state index contributed by atoms with van der Waals surface area (Å²) >= 11 is 0.723. The summed E-state index contributed by atoms with van der Waals surface area (Å²) in [4.78, 5) is 40.6. The molecule has 1 aliphatic rings. The average molecular weight is 512 g/mol. The highest BCUT2D eigenvalue weighted by atomic mass is 32.1. The van der Waals surface area contributed by atoms with Gasteiger partial charge in [0.25, 0.3) is 11.8 Å². The first-order valence-corrected chi connectivity index (χ1v) is 12.1. The van der Waals surface area contributed by atoms with Gasteiger partial charge in [0.05, 0.1) is 11.8 Å². The topological polar surface area (TPSA) is 141 Å². The van der Waals surface area contributed by atoms with E-state index in [1.807, 2.05) is 0 Å². The second-order valence-corrected chi connectivity index (χ2v) is 9.21. The molecule has 3 aromatic rings. The van der Waals surface area contributed by atoms with Gasteiger partial charge in [0.2, 0.25) is 5.91 Å². The minimum atomic E-state index is -1.18. The Morgan fingerprint density at radius 1 is 1.22 bits per heavy atom. The standard InChI is InChI=1S/C25H26FN5O4S/c1-14-5-2-3-7-18(14)31(25(34)22-19(27)20(23(28)32)30-36-22)21(15-8-10-16(26)11-9-15)24(33)29-13-17-6-4-12-35-17/h2-3,5,7-11,17,21H,4,6,12-13,27H2,1H3,(H2,28,32)(H,29,33)/t17-,21+/m1/s1. The van der Waals surface area contributed by atoms with Crippen molar-refractivity contribution in [3.63, 3.8) is 0 Å². The number of carbonyl (C=O) groups is 3. The van der Waals surface area contributed by atoms with Crippen molar-refractivity contribution in [2.75, 3.05) is 23.8 Å². The van der Waals surface area contributed by atoms with Gasteiger partial charge in [-0.3, -0.25) is 19.3 Å². The number of aromatic nitrogens is 1. The van der Waals surface area contributed by atoms with Crippen molar-refractivity contribution < 1.29 is 23.5 Å². The van der Waals surface area contributed by atoms with E-state index < -0.39 is 29.6 Å². The SMILES string of the molecule is Cc1ccccc1N(C(=O)c1snc(C(N)=O)c1N)[C@H](C(=O)NC[C@H]1CCCO1)c1ccc(F)cc1. The predicted octanol–water partition coefficient (Wildman–Crippen LogP) is 2.96. The third kappa shape index (κ3) is 5.21. The van der Waals surface area contributed by atoms with Crippen molar-refractivity contribution in [3.05, 3.63) is 76.0 Å². The average Bonchev–Trinajstić information content (AvgIpc) is 3.52. The lowest BCUT2D eigenvalue weighted by molar-refractivity contribution is -0.123. The van der Waals surface area contributed by atoms with Crippen molar-refractivity contribution >= 4 is 40.6 Å². The number of nitrogens with one attached hydrogen (secondary N) is 1. The molecule has 0 saturated carbocycles. The van der Waals surface area contributed by atoms with Crippen LogP contribution in [0, 0.1) is 12.7 Å². The number of hydrogen-bond acceptors (Lipinski definition) is 7. The summed E-state index contributed by atoms with van der Waals surface area (Å²) in [5.41, 5.74) is 12.6. The molecular formula is C25H26FN5O4S. The van der Waals surface area contributed by atoms with Crippen molar-refractivity contribution in [3.8, 4) is 0 Å². The van der Waals surface area contributed by atoms with Crippen LogP contribution in [0.15, 0.2) is 48.5 Å². The Morgan fingerprint density at radius 2 is 1.94 bits per heavy atom. The molecular weight excluding hydrogens is 485 g/mol. The number of amides is 3. The molecule has 0 unspecified atom stereocenters. The second-order valence-electron chi connectivity index (χ2n) is 8.43. The second kappa shape index (κ2) is 10.8. The van der Waals surface area contributed by atoms with Gasteiger partial charge in [-0.05, 0) is 60.6 Å². The first-order valence-electron chi connectivity index (χ1n) is 11.4. The Bertz CT molecular complexity index is 1270. The van der Waals surface area contributed by atoms with Gasteiger partial charge in [-0.25, -0.2) is 4.39 Å². The molecule has 0 radical (unpaired) electrons. The van der Waals surface area contributed by atoms with E-state index in [1.165, 1.54) is 29.2 Å². The lowest BCUT2D eigenvalue weighted by atomic mass is 10.0. The third-order valence-corrected chi connectivity index (χ3v) is 6.82. The van der Waals surface area contributed by atoms with Crippen molar-refractivity contribution in [1.82, 2.24) is 9.69 Å². The lowest BCUT2D eigenvalue weighted by Gasteiger charge is -2.32. The first-order chi connectivity index (χ1) is 17.3. The first kappa shape index (κ1) is 25.3. The number of hydrogen-bond donors (Lipinski definition) is 3. The van der Waals surface area contributed by atoms with Gasteiger partial charge in [0.1, 0.15) is 16.7 Å². The number of halogens is 1. The Kier molecular flexibility index (Phi) is 7.61. The summed E-state index contributed by atoms with van der Waals surface area (Å²) in [5, 5.41) is 2.88. The van der Waals surface area contributed by atoms with Crippen LogP contribution < -0.4 is 21.7 Å². The number of primary amides is 1. The zero-order valence-corrected chi connectivity index (χ0v) is 20.4. The van der Waals surface area contributed by atoms with Crippen molar-refractivity contribution in [2.45, 2.75) is 31.9 Å². The van der Waals surface area contributed by atoms with Gasteiger partial charge in [-0.2, -0.15) is 4.37 Å². The Balaban J connectivity index is 1.82. The zero-order valence-electron chi connectivity index (χ0n) is 19.6. The van der Waals surface area contributed by atoms with Crippen LogP contribution in [0.2, 0.25) is 0 Å². The fraction of sp³-hybridized carbons (Fsp3) is 0.280. The molecule has 3 amide bonds. The van der Waals surface area contributed by atoms with Crippen molar-refractivity contribution in [2.24, 2.45) is 5.73 Å². The maximum atomic E-state index is 14.0. The minimum Gasteiger partial charge on any atom is -0.395 e. The summed E-state index contributed by atoms with van der Waals surface area (Å²) in [7, 11) is 0. The molecule has 2 heterocycles. The van der Waals surface area contributed by atoms with Crippen LogP contribution in [-0.2, 0) is 9.53 Å². The van der Waals surface area contributed by atoms with E-state index in [2.05, 4.69) is 9.69 Å². The monoisotopic (exact) mass is 511 g/mol. The quantitative estimate of drug-likeness (QED) is 0.425. The molecule has 4 rings (SSSR count). The van der Waals surface area contributed by atoms with E-state index in [9.17, 15) is 18.8 Å². The maximum absolute atomic E-state index is 14.0. The highest BCUT2D eigenvalue weighted by Gasteiger charge is 2.37. The molecule has 1 aromatic heterocycles. The fourth-order valence-corrected chi connectivity index (χ4v) is 4.86. The number of para-hydroxylation sites is 1. The van der Waals surface area contributed by atoms with E-state index in [4.69, 9.17) is 16.2 Å². The number of anilines is 2. The van der Waals surface area contributed by atoms with Gasteiger partial charge < -0.3 is 21.5 Å². The van der Waals surface area contributed by atoms with E-state index in [-0.39, 0.29) is 28.9 Å². The van der Waals surface area contributed by atoms with Crippen LogP contribution in [0.5, 0.6) is 0 Å². The normalized spacial score (nSPS) is 15.9. The molecule has 2 aromatic carbocycles. The van der Waals surface area contributed by atoms with Crippen LogP contribution >= 0.6 is 11.5 Å². The van der Waals surface area contributed by atoms with E-state index in [1.54, 1.807) is 31.2 Å². The minimum absolute atomic E-state index is 0.0360. The largest absolute Gasteiger partial charge is 0.395 e. The van der Waals surface area contributed by atoms with Gasteiger partial charge >= 0.3 is 0 Å². The van der Waals surface area contributed by atoms with Crippen molar-refractivity contribution in [1.29, 1.82) is 0 Å². The molecule has 1 fully saturated rings. The van der Waals surface area contributed by atoms with E-state index >= 15 is 0 Å². The summed E-state index contributed by atoms with van der Waals surface area (Å²) in [6, 6.07) is 11.2. The lowest BCUT2D eigenvalue weighted by Crippen LogP contribution is -2.46. The molecule has 9 nitrogen and oxygen atoms in total. The number of aryl methyl sites for hydroxylation is 1.